The molecule has 0 unspecified atom stereocenters. The van der Waals surface area contributed by atoms with E-state index >= 15 is 0 Å². The van der Waals surface area contributed by atoms with Gasteiger partial charge in [-0.25, -0.2) is 8.42 Å². The van der Waals surface area contributed by atoms with Gasteiger partial charge >= 0.3 is 6.18 Å². The highest BCUT2D eigenvalue weighted by Gasteiger charge is 2.34. The number of nitrogens with one attached hydrogen (secondary N) is 1. The SMILES string of the molecule is CCN1CCN(S(=O)(=O)c2ccc(NC(=O)Cn3cccc(C(F)(F)F)c3=O)cc2)CC1. The average molecular weight is 472 g/mol. The quantitative estimate of drug-likeness (QED) is 0.693. The third kappa shape index (κ3) is 5.37. The van der Waals surface area contributed by atoms with Crippen LogP contribution in [0.5, 0.6) is 0 Å². The third-order valence-electron chi connectivity index (χ3n) is 5.19. The van der Waals surface area contributed by atoms with Gasteiger partial charge in [0.2, 0.25) is 15.9 Å². The van der Waals surface area contributed by atoms with E-state index in [0.717, 1.165) is 18.8 Å². The Kier molecular flexibility index (Phi) is 7.06. The molecule has 1 aromatic heterocycles. The van der Waals surface area contributed by atoms with E-state index in [1.807, 2.05) is 6.92 Å². The van der Waals surface area contributed by atoms with Crippen molar-refractivity contribution in [3.8, 4) is 0 Å². The lowest BCUT2D eigenvalue weighted by molar-refractivity contribution is -0.139. The van der Waals surface area contributed by atoms with E-state index in [4.69, 9.17) is 0 Å². The van der Waals surface area contributed by atoms with Gasteiger partial charge in [0.05, 0.1) is 4.90 Å². The van der Waals surface area contributed by atoms with Gasteiger partial charge in [-0.15, -0.1) is 0 Å². The number of aromatic nitrogens is 1. The Bertz CT molecular complexity index is 1120. The van der Waals surface area contributed by atoms with Crippen LogP contribution in [0.1, 0.15) is 12.5 Å². The summed E-state index contributed by atoms with van der Waals surface area (Å²) in [5.74, 6) is -0.724. The summed E-state index contributed by atoms with van der Waals surface area (Å²) < 4.78 is 66.2. The summed E-state index contributed by atoms with van der Waals surface area (Å²) in [5, 5.41) is 2.45. The number of piperazine rings is 1. The number of likely N-dealkylation sites (N-methyl/N-ethyl adjacent to an activating group) is 1. The Balaban J connectivity index is 1.66. The first-order chi connectivity index (χ1) is 15.0. The maximum atomic E-state index is 12.9. The minimum atomic E-state index is -4.82. The number of hydrogen-bond acceptors (Lipinski definition) is 5. The summed E-state index contributed by atoms with van der Waals surface area (Å²) >= 11 is 0. The number of hydrogen-bond donors (Lipinski definition) is 1. The van der Waals surface area contributed by atoms with Gasteiger partial charge in [0.25, 0.3) is 5.56 Å². The van der Waals surface area contributed by atoms with Crippen molar-refractivity contribution >= 4 is 21.6 Å². The summed E-state index contributed by atoms with van der Waals surface area (Å²) in [6.45, 7) is 4.33. The molecule has 1 aliphatic rings. The number of pyridine rings is 1. The molecule has 174 valence electrons. The van der Waals surface area contributed by atoms with Crippen molar-refractivity contribution in [1.82, 2.24) is 13.8 Å². The molecule has 3 rings (SSSR count). The topological polar surface area (TPSA) is 91.7 Å². The molecule has 2 heterocycles. The molecule has 1 amide bonds. The Morgan fingerprint density at radius 1 is 1.06 bits per heavy atom. The van der Waals surface area contributed by atoms with Crippen LogP contribution in [-0.2, 0) is 27.5 Å². The highest BCUT2D eigenvalue weighted by Crippen LogP contribution is 2.26. The van der Waals surface area contributed by atoms with E-state index in [-0.39, 0.29) is 10.6 Å². The van der Waals surface area contributed by atoms with Gasteiger partial charge in [-0.3, -0.25) is 9.59 Å². The molecule has 0 atom stereocenters. The fourth-order valence-corrected chi connectivity index (χ4v) is 4.80. The maximum Gasteiger partial charge on any atom is 0.421 e. The first-order valence-electron chi connectivity index (χ1n) is 9.91. The Morgan fingerprint density at radius 3 is 2.25 bits per heavy atom. The fraction of sp³-hybridized carbons (Fsp3) is 0.400. The molecule has 0 radical (unpaired) electrons. The van der Waals surface area contributed by atoms with Gasteiger partial charge in [0, 0.05) is 38.1 Å². The van der Waals surface area contributed by atoms with E-state index in [2.05, 4.69) is 10.2 Å². The molecule has 0 aliphatic carbocycles. The second-order valence-electron chi connectivity index (χ2n) is 7.26. The minimum absolute atomic E-state index is 0.0783. The van der Waals surface area contributed by atoms with Crippen LogP contribution >= 0.6 is 0 Å². The Labute approximate surface area is 183 Å². The van der Waals surface area contributed by atoms with Gasteiger partial charge in [-0.05, 0) is 42.9 Å². The molecule has 0 spiro atoms. The predicted molar refractivity (Wildman–Crippen MR) is 112 cm³/mol. The Morgan fingerprint density at radius 2 is 1.69 bits per heavy atom. The molecule has 2 aromatic rings. The normalized spacial score (nSPS) is 16.1. The van der Waals surface area contributed by atoms with Crippen LogP contribution in [0.2, 0.25) is 0 Å². The summed E-state index contributed by atoms with van der Waals surface area (Å²) in [4.78, 5) is 26.4. The zero-order chi connectivity index (χ0) is 23.5. The molecule has 1 fully saturated rings. The molecule has 0 saturated carbocycles. The van der Waals surface area contributed by atoms with Gasteiger partial charge in [0.15, 0.2) is 0 Å². The average Bonchev–Trinajstić information content (AvgIpc) is 2.75. The summed E-state index contributed by atoms with van der Waals surface area (Å²) in [7, 11) is -3.67. The van der Waals surface area contributed by atoms with Gasteiger partial charge < -0.3 is 14.8 Å². The third-order valence-corrected chi connectivity index (χ3v) is 7.11. The van der Waals surface area contributed by atoms with Crippen molar-refractivity contribution in [3.63, 3.8) is 0 Å². The zero-order valence-corrected chi connectivity index (χ0v) is 18.1. The van der Waals surface area contributed by atoms with Crippen molar-refractivity contribution in [2.75, 3.05) is 38.0 Å². The summed E-state index contributed by atoms with van der Waals surface area (Å²) in [6, 6.07) is 7.18. The van der Waals surface area contributed by atoms with Gasteiger partial charge in [-0.1, -0.05) is 6.92 Å². The lowest BCUT2D eigenvalue weighted by Gasteiger charge is -2.33. The molecule has 12 heteroatoms. The smallest absolute Gasteiger partial charge is 0.325 e. The largest absolute Gasteiger partial charge is 0.421 e. The molecule has 1 N–H and O–H groups in total. The van der Waals surface area contributed by atoms with E-state index in [0.29, 0.717) is 36.8 Å². The van der Waals surface area contributed by atoms with Gasteiger partial charge in [-0.2, -0.15) is 17.5 Å². The number of benzene rings is 1. The molecular weight excluding hydrogens is 449 g/mol. The second-order valence-corrected chi connectivity index (χ2v) is 9.20. The Hall–Kier alpha value is -2.70. The van der Waals surface area contributed by atoms with E-state index < -0.39 is 39.8 Å². The standard InChI is InChI=1S/C20H23F3N4O4S/c1-2-25-10-12-27(13-11-25)32(30,31)16-7-5-15(6-8-16)24-18(28)14-26-9-3-4-17(19(26)29)20(21,22)23/h3-9H,2,10-14H2,1H3,(H,24,28). The highest BCUT2D eigenvalue weighted by atomic mass is 32.2. The number of amides is 1. The number of sulfonamides is 1. The van der Waals surface area contributed by atoms with Crippen LogP contribution in [0.25, 0.3) is 0 Å². The molecular formula is C20H23F3N4O4S. The fourth-order valence-electron chi connectivity index (χ4n) is 3.38. The van der Waals surface area contributed by atoms with Crippen molar-refractivity contribution in [3.05, 3.63) is 58.5 Å². The van der Waals surface area contributed by atoms with E-state index in [1.54, 1.807) is 0 Å². The monoisotopic (exact) mass is 472 g/mol. The number of carbonyl (C=O) groups excluding carboxylic acids is 1. The van der Waals surface area contributed by atoms with Crippen LogP contribution in [0.15, 0.2) is 52.3 Å². The number of alkyl halides is 3. The van der Waals surface area contributed by atoms with Gasteiger partial charge in [0.1, 0.15) is 12.1 Å². The molecule has 0 bridgehead atoms. The summed E-state index contributed by atoms with van der Waals surface area (Å²) in [5.41, 5.74) is -2.42. The van der Waals surface area contributed by atoms with Crippen molar-refractivity contribution in [2.24, 2.45) is 0 Å². The predicted octanol–water partition coefficient (Wildman–Crippen LogP) is 1.83. The number of anilines is 1. The summed E-state index contributed by atoms with van der Waals surface area (Å²) in [6.07, 6.45) is -3.73. The van der Waals surface area contributed by atoms with Crippen LogP contribution in [0, 0.1) is 0 Å². The molecule has 8 nitrogen and oxygen atoms in total. The minimum Gasteiger partial charge on any atom is -0.325 e. The number of rotatable bonds is 6. The highest BCUT2D eigenvalue weighted by molar-refractivity contribution is 7.89. The van der Waals surface area contributed by atoms with Crippen LogP contribution in [0.3, 0.4) is 0 Å². The lowest BCUT2D eigenvalue weighted by Crippen LogP contribution is -2.48. The molecule has 32 heavy (non-hydrogen) atoms. The van der Waals surface area contributed by atoms with E-state index in [9.17, 15) is 31.2 Å². The van der Waals surface area contributed by atoms with Crippen LogP contribution in [-0.4, -0.2) is 60.8 Å². The van der Waals surface area contributed by atoms with E-state index in [1.165, 1.54) is 28.6 Å². The second kappa shape index (κ2) is 9.43. The molecule has 1 aromatic carbocycles. The van der Waals surface area contributed by atoms with Crippen LogP contribution < -0.4 is 10.9 Å². The number of halogens is 3. The zero-order valence-electron chi connectivity index (χ0n) is 17.3. The first-order valence-corrected chi connectivity index (χ1v) is 11.4. The first kappa shape index (κ1) is 24.0. The lowest BCUT2D eigenvalue weighted by atomic mass is 10.2. The number of carbonyl (C=O) groups is 1. The molecule has 1 aliphatic heterocycles. The van der Waals surface area contributed by atoms with Crippen molar-refractivity contribution < 1.29 is 26.4 Å². The molecule has 1 saturated heterocycles. The van der Waals surface area contributed by atoms with Crippen LogP contribution in [0.4, 0.5) is 18.9 Å². The maximum absolute atomic E-state index is 12.9. The number of nitrogens with zero attached hydrogens (tertiary/aromatic N) is 3. The van der Waals surface area contributed by atoms with Crippen molar-refractivity contribution in [2.45, 2.75) is 24.5 Å². The van der Waals surface area contributed by atoms with Crippen molar-refractivity contribution in [1.29, 1.82) is 0 Å².